The molecule has 1 aliphatic rings. The molecule has 1 aromatic rings. The van der Waals surface area contributed by atoms with Gasteiger partial charge in [0.1, 0.15) is 5.82 Å². The second-order valence-electron chi connectivity index (χ2n) is 5.91. The first-order valence-electron chi connectivity index (χ1n) is 7.99. The maximum absolute atomic E-state index is 6.29. The highest BCUT2D eigenvalue weighted by Gasteiger charge is 2.39. The number of nitrogens with one attached hydrogen (secondary N) is 1. The summed E-state index contributed by atoms with van der Waals surface area (Å²) in [6.07, 6.45) is 12.4. The van der Waals surface area contributed by atoms with Crippen LogP contribution in [0, 0.1) is 0 Å². The molecule has 0 bridgehead atoms. The molecule has 0 saturated heterocycles. The van der Waals surface area contributed by atoms with Crippen LogP contribution in [0.3, 0.4) is 0 Å². The van der Waals surface area contributed by atoms with E-state index in [1.807, 2.05) is 12.4 Å². The number of aromatic nitrogens is 2. The highest BCUT2D eigenvalue weighted by molar-refractivity contribution is 5.02. The summed E-state index contributed by atoms with van der Waals surface area (Å²) in [5.74, 6) is 1.13. The van der Waals surface area contributed by atoms with Gasteiger partial charge in [-0.1, -0.05) is 25.7 Å². The van der Waals surface area contributed by atoms with Crippen LogP contribution in [0.25, 0.3) is 0 Å². The second-order valence-corrected chi connectivity index (χ2v) is 5.91. The number of likely N-dealkylation sites (N-methyl/N-ethyl adjacent to an activating group) is 1. The molecule has 1 N–H and O–H groups in total. The Balaban J connectivity index is 2.17. The number of rotatable bonds is 6. The fourth-order valence-electron chi connectivity index (χ4n) is 3.53. The van der Waals surface area contributed by atoms with Crippen LogP contribution in [-0.4, -0.2) is 34.8 Å². The normalized spacial score (nSPS) is 20.6. The SMILES string of the molecule is CCOC1(C(Cc2nccn2C)NC)CCCCCC1. The van der Waals surface area contributed by atoms with Gasteiger partial charge in [0.15, 0.2) is 0 Å². The fraction of sp³-hybridized carbons (Fsp3) is 0.812. The molecule has 1 fully saturated rings. The van der Waals surface area contributed by atoms with Gasteiger partial charge in [0.2, 0.25) is 0 Å². The van der Waals surface area contributed by atoms with Gasteiger partial charge in [0, 0.05) is 38.5 Å². The molecule has 20 heavy (non-hydrogen) atoms. The van der Waals surface area contributed by atoms with Crippen LogP contribution >= 0.6 is 0 Å². The number of nitrogens with zero attached hydrogens (tertiary/aromatic N) is 2. The van der Waals surface area contributed by atoms with Crippen LogP contribution in [0.15, 0.2) is 12.4 Å². The minimum atomic E-state index is -0.0219. The van der Waals surface area contributed by atoms with Crippen molar-refractivity contribution in [1.29, 1.82) is 0 Å². The van der Waals surface area contributed by atoms with Crippen molar-refractivity contribution in [2.75, 3.05) is 13.7 Å². The predicted octanol–water partition coefficient (Wildman–Crippen LogP) is 2.68. The van der Waals surface area contributed by atoms with Crippen molar-refractivity contribution >= 4 is 0 Å². The summed E-state index contributed by atoms with van der Waals surface area (Å²) in [6, 6.07) is 0.335. The first-order valence-corrected chi connectivity index (χ1v) is 7.99. The van der Waals surface area contributed by atoms with Crippen molar-refractivity contribution in [3.63, 3.8) is 0 Å². The summed E-state index contributed by atoms with van der Waals surface area (Å²) in [4.78, 5) is 4.48. The molecule has 1 atom stereocenters. The van der Waals surface area contributed by atoms with E-state index in [1.54, 1.807) is 0 Å². The standard InChI is InChI=1S/C16H29N3O/c1-4-20-16(9-7-5-6-8-10-16)14(17-2)13-15-18-11-12-19(15)3/h11-12,14,17H,4-10,13H2,1-3H3. The molecule has 2 rings (SSSR count). The maximum Gasteiger partial charge on any atom is 0.110 e. The van der Waals surface area contributed by atoms with Crippen LogP contribution in [0.5, 0.6) is 0 Å². The van der Waals surface area contributed by atoms with E-state index in [4.69, 9.17) is 4.74 Å². The van der Waals surface area contributed by atoms with E-state index in [0.29, 0.717) is 6.04 Å². The lowest BCUT2D eigenvalue weighted by atomic mass is 9.84. The minimum Gasteiger partial charge on any atom is -0.374 e. The highest BCUT2D eigenvalue weighted by atomic mass is 16.5. The van der Waals surface area contributed by atoms with Crippen LogP contribution in [0.1, 0.15) is 51.3 Å². The van der Waals surface area contributed by atoms with Crippen molar-refractivity contribution < 1.29 is 4.74 Å². The summed E-state index contributed by atoms with van der Waals surface area (Å²) in [6.45, 7) is 2.90. The number of ether oxygens (including phenoxy) is 1. The molecule has 0 amide bonds. The monoisotopic (exact) mass is 279 g/mol. The van der Waals surface area contributed by atoms with Crippen LogP contribution in [-0.2, 0) is 18.2 Å². The minimum absolute atomic E-state index is 0.0219. The quantitative estimate of drug-likeness (QED) is 0.814. The third kappa shape index (κ3) is 3.41. The zero-order chi connectivity index (χ0) is 14.4. The summed E-state index contributed by atoms with van der Waals surface area (Å²) in [7, 11) is 4.12. The van der Waals surface area contributed by atoms with Gasteiger partial charge < -0.3 is 14.6 Å². The van der Waals surface area contributed by atoms with E-state index in [9.17, 15) is 0 Å². The Hall–Kier alpha value is -0.870. The molecule has 0 radical (unpaired) electrons. The average Bonchev–Trinajstić information content (AvgIpc) is 2.71. The lowest BCUT2D eigenvalue weighted by Gasteiger charge is -2.40. The molecule has 1 unspecified atom stereocenters. The number of hydrogen-bond acceptors (Lipinski definition) is 3. The molecule has 1 saturated carbocycles. The van der Waals surface area contributed by atoms with E-state index < -0.39 is 0 Å². The van der Waals surface area contributed by atoms with Gasteiger partial charge in [0.25, 0.3) is 0 Å². The van der Waals surface area contributed by atoms with Gasteiger partial charge in [-0.2, -0.15) is 0 Å². The Labute approximate surface area is 122 Å². The van der Waals surface area contributed by atoms with Crippen LogP contribution in [0.4, 0.5) is 0 Å². The number of imidazole rings is 1. The smallest absolute Gasteiger partial charge is 0.110 e. The molecule has 4 heteroatoms. The molecule has 1 heterocycles. The Morgan fingerprint density at radius 3 is 2.55 bits per heavy atom. The Bertz CT molecular complexity index is 394. The zero-order valence-electron chi connectivity index (χ0n) is 13.2. The van der Waals surface area contributed by atoms with E-state index in [0.717, 1.165) is 31.7 Å². The Morgan fingerprint density at radius 1 is 1.35 bits per heavy atom. The lowest BCUT2D eigenvalue weighted by molar-refractivity contribution is -0.0757. The van der Waals surface area contributed by atoms with Gasteiger partial charge in [0.05, 0.1) is 5.60 Å². The van der Waals surface area contributed by atoms with Crippen LogP contribution < -0.4 is 5.32 Å². The molecule has 1 aromatic heterocycles. The number of hydrogen-bond donors (Lipinski definition) is 1. The summed E-state index contributed by atoms with van der Waals surface area (Å²) >= 11 is 0. The zero-order valence-corrected chi connectivity index (χ0v) is 13.2. The summed E-state index contributed by atoms with van der Waals surface area (Å²) in [5, 5.41) is 3.51. The summed E-state index contributed by atoms with van der Waals surface area (Å²) < 4.78 is 8.40. The Morgan fingerprint density at radius 2 is 2.05 bits per heavy atom. The predicted molar refractivity (Wildman–Crippen MR) is 81.8 cm³/mol. The molecule has 0 aliphatic heterocycles. The van der Waals surface area contributed by atoms with Crippen molar-refractivity contribution in [1.82, 2.24) is 14.9 Å². The second kappa shape index (κ2) is 7.23. The van der Waals surface area contributed by atoms with Gasteiger partial charge in [-0.3, -0.25) is 0 Å². The van der Waals surface area contributed by atoms with Crippen molar-refractivity contribution in [2.24, 2.45) is 7.05 Å². The molecular formula is C16H29N3O. The average molecular weight is 279 g/mol. The van der Waals surface area contributed by atoms with Gasteiger partial charge in [-0.15, -0.1) is 0 Å². The van der Waals surface area contributed by atoms with Crippen molar-refractivity contribution in [2.45, 2.75) is 63.5 Å². The molecular weight excluding hydrogens is 250 g/mol. The van der Waals surface area contributed by atoms with E-state index in [1.165, 1.54) is 25.7 Å². The van der Waals surface area contributed by atoms with E-state index in [-0.39, 0.29) is 5.60 Å². The highest BCUT2D eigenvalue weighted by Crippen LogP contribution is 2.34. The van der Waals surface area contributed by atoms with Gasteiger partial charge in [-0.05, 0) is 26.8 Å². The third-order valence-corrected chi connectivity index (χ3v) is 4.67. The molecule has 1 aliphatic carbocycles. The van der Waals surface area contributed by atoms with Gasteiger partial charge in [-0.25, -0.2) is 4.98 Å². The largest absolute Gasteiger partial charge is 0.374 e. The molecule has 4 nitrogen and oxygen atoms in total. The Kier molecular flexibility index (Phi) is 5.61. The summed E-state index contributed by atoms with van der Waals surface area (Å²) in [5.41, 5.74) is -0.0219. The fourth-order valence-corrected chi connectivity index (χ4v) is 3.53. The van der Waals surface area contributed by atoms with Gasteiger partial charge >= 0.3 is 0 Å². The molecule has 0 spiro atoms. The molecule has 0 aromatic carbocycles. The topological polar surface area (TPSA) is 39.1 Å². The maximum atomic E-state index is 6.29. The van der Waals surface area contributed by atoms with E-state index >= 15 is 0 Å². The molecule has 114 valence electrons. The van der Waals surface area contributed by atoms with E-state index in [2.05, 4.69) is 35.9 Å². The third-order valence-electron chi connectivity index (χ3n) is 4.67. The van der Waals surface area contributed by atoms with Crippen molar-refractivity contribution in [3.8, 4) is 0 Å². The van der Waals surface area contributed by atoms with Crippen molar-refractivity contribution in [3.05, 3.63) is 18.2 Å². The number of aryl methyl sites for hydroxylation is 1. The first kappa shape index (κ1) is 15.5. The van der Waals surface area contributed by atoms with Crippen LogP contribution in [0.2, 0.25) is 0 Å². The lowest BCUT2D eigenvalue weighted by Crippen LogP contribution is -2.53. The first-order chi connectivity index (χ1) is 9.72.